The molecule has 0 saturated heterocycles. The fourth-order valence-electron chi connectivity index (χ4n) is 0.817. The molecule has 3 N–H and O–H groups in total. The van der Waals surface area contributed by atoms with Gasteiger partial charge in [-0.25, -0.2) is 0 Å². The molecule has 1 saturated carbocycles. The van der Waals surface area contributed by atoms with Crippen molar-refractivity contribution in [3.8, 4) is 0 Å². The molecule has 4 heteroatoms. The number of nitrogens with one attached hydrogen (secondary N) is 3. The largest absolute Gasteiger partial charge is 0.313 e. The molecule has 0 aromatic rings. The molecular formula is C7H13N3O. The molecule has 0 aliphatic heterocycles. The normalized spacial score (nSPS) is 16.1. The highest BCUT2D eigenvalue weighted by molar-refractivity contribution is 5.99. The van der Waals surface area contributed by atoms with E-state index in [9.17, 15) is 4.79 Å². The molecule has 0 radical (unpaired) electrons. The summed E-state index contributed by atoms with van der Waals surface area (Å²) < 4.78 is 0. The maximum Gasteiger partial charge on any atom is 0.228 e. The Bertz CT molecular complexity index is 175. The van der Waals surface area contributed by atoms with Crippen LogP contribution >= 0.6 is 0 Å². The molecule has 0 atom stereocenters. The number of likely N-dealkylation sites (N-methyl/N-ethyl adjacent to an activating group) is 1. The Kier molecular flexibility index (Phi) is 2.59. The molecule has 0 aromatic heterocycles. The highest BCUT2D eigenvalue weighted by atomic mass is 16.2. The Labute approximate surface area is 65.9 Å². The summed E-state index contributed by atoms with van der Waals surface area (Å²) in [5, 5.41) is 12.6. The molecule has 0 spiro atoms. The van der Waals surface area contributed by atoms with E-state index in [4.69, 9.17) is 5.41 Å². The van der Waals surface area contributed by atoms with Gasteiger partial charge in [-0.15, -0.1) is 0 Å². The Balaban J connectivity index is 2.17. The highest BCUT2D eigenvalue weighted by Crippen LogP contribution is 2.28. The van der Waals surface area contributed by atoms with Crippen LogP contribution in [0.1, 0.15) is 12.8 Å². The van der Waals surface area contributed by atoms with Gasteiger partial charge in [-0.3, -0.25) is 10.2 Å². The summed E-state index contributed by atoms with van der Waals surface area (Å²) >= 11 is 0. The van der Waals surface area contributed by atoms with Crippen LogP contribution in [0.25, 0.3) is 0 Å². The van der Waals surface area contributed by atoms with Crippen molar-refractivity contribution < 1.29 is 4.79 Å². The number of amides is 1. The van der Waals surface area contributed by atoms with E-state index in [-0.39, 0.29) is 17.7 Å². The maximum atomic E-state index is 11.0. The molecule has 1 amide bonds. The van der Waals surface area contributed by atoms with Gasteiger partial charge >= 0.3 is 0 Å². The lowest BCUT2D eigenvalue weighted by atomic mass is 10.4. The van der Waals surface area contributed by atoms with Crippen LogP contribution in [0.5, 0.6) is 0 Å². The van der Waals surface area contributed by atoms with Gasteiger partial charge in [0, 0.05) is 5.92 Å². The van der Waals surface area contributed by atoms with Gasteiger partial charge in [0.2, 0.25) is 5.91 Å². The predicted octanol–water partition coefficient (Wildman–Crippen LogP) is -0.291. The molecule has 0 aromatic carbocycles. The molecule has 1 fully saturated rings. The molecule has 1 aliphatic rings. The number of hydrogen-bond donors (Lipinski definition) is 3. The van der Waals surface area contributed by atoms with Gasteiger partial charge in [0.15, 0.2) is 0 Å². The van der Waals surface area contributed by atoms with Crippen molar-refractivity contribution in [3.63, 3.8) is 0 Å². The zero-order chi connectivity index (χ0) is 8.27. The number of amidine groups is 1. The fraction of sp³-hybridized carbons (Fsp3) is 0.714. The number of carbonyl (C=O) groups excluding carboxylic acids is 1. The lowest BCUT2D eigenvalue weighted by Gasteiger charge is -2.03. The van der Waals surface area contributed by atoms with Crippen molar-refractivity contribution in [1.82, 2.24) is 10.6 Å². The highest BCUT2D eigenvalue weighted by Gasteiger charge is 2.29. The average Bonchev–Trinajstić information content (AvgIpc) is 2.67. The molecule has 11 heavy (non-hydrogen) atoms. The summed E-state index contributed by atoms with van der Waals surface area (Å²) in [7, 11) is 1.75. The zero-order valence-corrected chi connectivity index (χ0v) is 6.61. The Hall–Kier alpha value is -0.900. The molecular weight excluding hydrogens is 142 g/mol. The summed E-state index contributed by atoms with van der Waals surface area (Å²) in [6.07, 6.45) is 1.97. The van der Waals surface area contributed by atoms with Crippen LogP contribution in [0.2, 0.25) is 0 Å². The standard InChI is InChI=1S/C7H13N3O/c1-9-4-6(8)10-7(11)5-2-3-5/h5,9H,2-4H2,1H3,(H2,8,10,11). The van der Waals surface area contributed by atoms with E-state index in [1.165, 1.54) is 0 Å². The monoisotopic (exact) mass is 155 g/mol. The van der Waals surface area contributed by atoms with Crippen molar-refractivity contribution in [1.29, 1.82) is 5.41 Å². The van der Waals surface area contributed by atoms with Crippen molar-refractivity contribution in [2.24, 2.45) is 5.92 Å². The number of hydrogen-bond acceptors (Lipinski definition) is 3. The topological polar surface area (TPSA) is 65.0 Å². The van der Waals surface area contributed by atoms with E-state index in [1.807, 2.05) is 0 Å². The lowest BCUT2D eigenvalue weighted by molar-refractivity contribution is -0.120. The van der Waals surface area contributed by atoms with E-state index < -0.39 is 0 Å². The van der Waals surface area contributed by atoms with Crippen LogP contribution in [-0.2, 0) is 4.79 Å². The van der Waals surface area contributed by atoms with E-state index in [1.54, 1.807) is 7.05 Å². The first-order chi connectivity index (χ1) is 5.24. The second-order valence-corrected chi connectivity index (χ2v) is 2.77. The van der Waals surface area contributed by atoms with Gasteiger partial charge in [0.25, 0.3) is 0 Å². The van der Waals surface area contributed by atoms with Crippen molar-refractivity contribution in [3.05, 3.63) is 0 Å². The predicted molar refractivity (Wildman–Crippen MR) is 42.5 cm³/mol. The lowest BCUT2D eigenvalue weighted by Crippen LogP contribution is -2.36. The summed E-state index contributed by atoms with van der Waals surface area (Å²) in [6.45, 7) is 0.429. The van der Waals surface area contributed by atoms with E-state index in [0.29, 0.717) is 6.54 Å². The van der Waals surface area contributed by atoms with Crippen LogP contribution in [-0.4, -0.2) is 25.3 Å². The van der Waals surface area contributed by atoms with Crippen LogP contribution in [0.3, 0.4) is 0 Å². The molecule has 1 rings (SSSR count). The Morgan fingerprint density at radius 2 is 2.27 bits per heavy atom. The van der Waals surface area contributed by atoms with E-state index >= 15 is 0 Å². The minimum Gasteiger partial charge on any atom is -0.313 e. The second-order valence-electron chi connectivity index (χ2n) is 2.77. The smallest absolute Gasteiger partial charge is 0.228 e. The van der Waals surface area contributed by atoms with Crippen LogP contribution in [0.15, 0.2) is 0 Å². The van der Waals surface area contributed by atoms with E-state index in [2.05, 4.69) is 10.6 Å². The number of carbonyl (C=O) groups is 1. The van der Waals surface area contributed by atoms with Gasteiger partial charge in [-0.1, -0.05) is 0 Å². The zero-order valence-electron chi connectivity index (χ0n) is 6.61. The third-order valence-electron chi connectivity index (χ3n) is 1.58. The van der Waals surface area contributed by atoms with Crippen molar-refractivity contribution >= 4 is 11.7 Å². The average molecular weight is 155 g/mol. The first-order valence-corrected chi connectivity index (χ1v) is 3.77. The van der Waals surface area contributed by atoms with Gasteiger partial charge in [0.1, 0.15) is 5.84 Å². The summed E-state index contributed by atoms with van der Waals surface area (Å²) in [5.41, 5.74) is 0. The molecule has 0 heterocycles. The SMILES string of the molecule is CNCC(=N)NC(=O)C1CC1. The number of rotatable bonds is 3. The van der Waals surface area contributed by atoms with Crippen LogP contribution < -0.4 is 10.6 Å². The Morgan fingerprint density at radius 1 is 1.64 bits per heavy atom. The molecule has 62 valence electrons. The first kappa shape index (κ1) is 8.20. The minimum atomic E-state index is 0.00486. The van der Waals surface area contributed by atoms with Gasteiger partial charge in [-0.2, -0.15) is 0 Å². The van der Waals surface area contributed by atoms with Gasteiger partial charge < -0.3 is 10.6 Å². The minimum absolute atomic E-state index is 0.00486. The fourth-order valence-corrected chi connectivity index (χ4v) is 0.817. The molecule has 1 aliphatic carbocycles. The van der Waals surface area contributed by atoms with Gasteiger partial charge in [0.05, 0.1) is 6.54 Å². The quantitative estimate of drug-likeness (QED) is 0.387. The van der Waals surface area contributed by atoms with Crippen LogP contribution in [0, 0.1) is 11.3 Å². The summed E-state index contributed by atoms with van der Waals surface area (Å²) in [4.78, 5) is 11.0. The second kappa shape index (κ2) is 3.48. The van der Waals surface area contributed by atoms with Gasteiger partial charge in [-0.05, 0) is 19.9 Å². The summed E-state index contributed by atoms with van der Waals surface area (Å²) in [6, 6.07) is 0. The third-order valence-corrected chi connectivity index (χ3v) is 1.58. The summed E-state index contributed by atoms with van der Waals surface area (Å²) in [5.74, 6) is 0.446. The van der Waals surface area contributed by atoms with Crippen molar-refractivity contribution in [2.75, 3.05) is 13.6 Å². The van der Waals surface area contributed by atoms with Crippen LogP contribution in [0.4, 0.5) is 0 Å². The molecule has 0 unspecified atom stereocenters. The van der Waals surface area contributed by atoms with E-state index in [0.717, 1.165) is 12.8 Å². The molecule has 0 bridgehead atoms. The molecule has 4 nitrogen and oxygen atoms in total. The maximum absolute atomic E-state index is 11.0. The van der Waals surface area contributed by atoms with Crippen molar-refractivity contribution in [2.45, 2.75) is 12.8 Å². The first-order valence-electron chi connectivity index (χ1n) is 3.77. The third kappa shape index (κ3) is 2.67. The Morgan fingerprint density at radius 3 is 2.73 bits per heavy atom.